The van der Waals surface area contributed by atoms with Gasteiger partial charge in [-0.05, 0) is 50.6 Å². The zero-order valence-corrected chi connectivity index (χ0v) is 14.2. The number of benzene rings is 2. The molecule has 23 heavy (non-hydrogen) atoms. The minimum Gasteiger partial charge on any atom is -0.491 e. The predicted molar refractivity (Wildman–Crippen MR) is 91.3 cm³/mol. The Kier molecular flexibility index (Phi) is 5.39. The molecule has 0 aliphatic carbocycles. The van der Waals surface area contributed by atoms with Crippen molar-refractivity contribution in [1.82, 2.24) is 4.83 Å². The Labute approximate surface area is 137 Å². The summed E-state index contributed by atoms with van der Waals surface area (Å²) in [5.74, 6) is 0.713. The largest absolute Gasteiger partial charge is 0.491 e. The van der Waals surface area contributed by atoms with Gasteiger partial charge in [-0.1, -0.05) is 29.8 Å². The van der Waals surface area contributed by atoms with E-state index in [9.17, 15) is 8.42 Å². The average molecular weight is 332 g/mol. The van der Waals surface area contributed by atoms with E-state index in [4.69, 9.17) is 4.74 Å². The van der Waals surface area contributed by atoms with Crippen LogP contribution in [0.15, 0.2) is 58.5 Å². The molecule has 2 aromatic rings. The molecular weight excluding hydrogens is 312 g/mol. The Morgan fingerprint density at radius 1 is 1.13 bits per heavy atom. The summed E-state index contributed by atoms with van der Waals surface area (Å²) in [6.45, 7) is 5.78. The molecule has 0 spiro atoms. The van der Waals surface area contributed by atoms with Gasteiger partial charge in [-0.2, -0.15) is 13.5 Å². The zero-order chi connectivity index (χ0) is 16.9. The van der Waals surface area contributed by atoms with Gasteiger partial charge >= 0.3 is 0 Å². The maximum Gasteiger partial charge on any atom is 0.276 e. The summed E-state index contributed by atoms with van der Waals surface area (Å²) < 4.78 is 29.8. The lowest BCUT2D eigenvalue weighted by molar-refractivity contribution is 0.242. The van der Waals surface area contributed by atoms with Crippen LogP contribution in [0.3, 0.4) is 0 Å². The van der Waals surface area contributed by atoms with Crippen LogP contribution in [0.25, 0.3) is 0 Å². The van der Waals surface area contributed by atoms with Crippen LogP contribution in [0.5, 0.6) is 5.75 Å². The Morgan fingerprint density at radius 2 is 1.83 bits per heavy atom. The van der Waals surface area contributed by atoms with Crippen molar-refractivity contribution >= 4 is 16.2 Å². The number of hydrogen-bond acceptors (Lipinski definition) is 4. The molecule has 5 nitrogen and oxygen atoms in total. The van der Waals surface area contributed by atoms with Crippen molar-refractivity contribution in [2.45, 2.75) is 31.8 Å². The highest BCUT2D eigenvalue weighted by atomic mass is 32.2. The van der Waals surface area contributed by atoms with Crippen molar-refractivity contribution in [1.29, 1.82) is 0 Å². The Bertz CT molecular complexity index is 782. The van der Waals surface area contributed by atoms with E-state index in [0.717, 1.165) is 11.1 Å². The number of hydrazone groups is 1. The first-order valence-electron chi connectivity index (χ1n) is 7.25. The quantitative estimate of drug-likeness (QED) is 0.653. The summed E-state index contributed by atoms with van der Waals surface area (Å²) in [5, 5.41) is 3.81. The molecule has 0 aromatic heterocycles. The molecule has 0 saturated heterocycles. The first kappa shape index (κ1) is 17.0. The second-order valence-corrected chi connectivity index (χ2v) is 7.07. The number of nitrogens with zero attached hydrogens (tertiary/aromatic N) is 1. The van der Waals surface area contributed by atoms with Crippen molar-refractivity contribution in [3.63, 3.8) is 0 Å². The second-order valence-electron chi connectivity index (χ2n) is 5.41. The first-order valence-corrected chi connectivity index (χ1v) is 8.73. The average Bonchev–Trinajstić information content (AvgIpc) is 2.47. The molecule has 0 aliphatic rings. The van der Waals surface area contributed by atoms with Crippen molar-refractivity contribution in [2.75, 3.05) is 0 Å². The molecule has 6 heteroatoms. The lowest BCUT2D eigenvalue weighted by Gasteiger charge is -2.09. The summed E-state index contributed by atoms with van der Waals surface area (Å²) >= 11 is 0. The number of sulfonamides is 1. The monoisotopic (exact) mass is 332 g/mol. The molecule has 0 radical (unpaired) electrons. The van der Waals surface area contributed by atoms with E-state index >= 15 is 0 Å². The van der Waals surface area contributed by atoms with Gasteiger partial charge in [-0.15, -0.1) is 0 Å². The Hall–Kier alpha value is -2.34. The molecule has 0 amide bonds. The molecule has 1 N–H and O–H groups in total. The Balaban J connectivity index is 2.07. The minimum atomic E-state index is -3.66. The molecule has 0 saturated carbocycles. The molecule has 0 bridgehead atoms. The van der Waals surface area contributed by atoms with Crippen LogP contribution < -0.4 is 9.57 Å². The highest BCUT2D eigenvalue weighted by Crippen LogP contribution is 2.14. The summed E-state index contributed by atoms with van der Waals surface area (Å²) in [4.78, 5) is 2.38. The number of ether oxygens (including phenoxy) is 1. The fourth-order valence-corrected chi connectivity index (χ4v) is 2.67. The molecule has 0 aliphatic heterocycles. The molecule has 0 unspecified atom stereocenters. The molecule has 2 rings (SSSR count). The van der Waals surface area contributed by atoms with E-state index < -0.39 is 10.0 Å². The zero-order valence-electron chi connectivity index (χ0n) is 13.4. The van der Waals surface area contributed by atoms with Crippen LogP contribution in [0, 0.1) is 6.92 Å². The van der Waals surface area contributed by atoms with Crippen molar-refractivity contribution in [3.8, 4) is 5.75 Å². The molecule has 122 valence electrons. The fraction of sp³-hybridized carbons (Fsp3) is 0.235. The molecule has 0 heterocycles. The number of hydrogen-bond donors (Lipinski definition) is 1. The van der Waals surface area contributed by atoms with E-state index in [-0.39, 0.29) is 11.0 Å². The summed E-state index contributed by atoms with van der Waals surface area (Å²) in [7, 11) is -3.66. The van der Waals surface area contributed by atoms with Crippen LogP contribution >= 0.6 is 0 Å². The molecule has 0 atom stereocenters. The van der Waals surface area contributed by atoms with Gasteiger partial charge in [0.25, 0.3) is 10.0 Å². The van der Waals surface area contributed by atoms with Gasteiger partial charge in [0.1, 0.15) is 5.75 Å². The molecule has 0 fully saturated rings. The van der Waals surface area contributed by atoms with E-state index in [1.165, 1.54) is 6.21 Å². The topological polar surface area (TPSA) is 67.8 Å². The normalized spacial score (nSPS) is 11.8. The standard InChI is InChI=1S/C17H20N2O3S/c1-13(2)22-16-6-4-5-15(11-16)12-18-19-23(20,21)17-9-7-14(3)8-10-17/h4-13,19H,1-3H3/b18-12-. The third-order valence-electron chi connectivity index (χ3n) is 2.95. The second kappa shape index (κ2) is 7.28. The molecular formula is C17H20N2O3S. The predicted octanol–water partition coefficient (Wildman–Crippen LogP) is 3.09. The minimum absolute atomic E-state index is 0.0715. The fourth-order valence-electron chi connectivity index (χ4n) is 1.88. The van der Waals surface area contributed by atoms with Crippen molar-refractivity contribution in [3.05, 3.63) is 59.7 Å². The number of rotatable bonds is 6. The number of aryl methyl sites for hydroxylation is 1. The summed E-state index contributed by atoms with van der Waals surface area (Å²) in [5.41, 5.74) is 1.74. The highest BCUT2D eigenvalue weighted by Gasteiger charge is 2.11. The highest BCUT2D eigenvalue weighted by molar-refractivity contribution is 7.89. The maximum absolute atomic E-state index is 12.1. The first-order chi connectivity index (χ1) is 10.9. The summed E-state index contributed by atoms with van der Waals surface area (Å²) in [6.07, 6.45) is 1.51. The Morgan fingerprint density at radius 3 is 2.48 bits per heavy atom. The summed E-state index contributed by atoms with van der Waals surface area (Å²) in [6, 6.07) is 13.9. The van der Waals surface area contributed by atoms with Crippen LogP contribution in [0.2, 0.25) is 0 Å². The SMILES string of the molecule is Cc1ccc(S(=O)(=O)N/N=C\c2cccc(OC(C)C)c2)cc1. The lowest BCUT2D eigenvalue weighted by atomic mass is 10.2. The third kappa shape index (κ3) is 5.10. The smallest absolute Gasteiger partial charge is 0.276 e. The van der Waals surface area contributed by atoms with E-state index in [2.05, 4.69) is 9.93 Å². The molecule has 2 aromatic carbocycles. The van der Waals surface area contributed by atoms with E-state index in [1.807, 2.05) is 39.0 Å². The third-order valence-corrected chi connectivity index (χ3v) is 4.19. The number of nitrogens with one attached hydrogen (secondary N) is 1. The van der Waals surface area contributed by atoms with E-state index in [1.54, 1.807) is 30.3 Å². The van der Waals surface area contributed by atoms with Crippen molar-refractivity contribution < 1.29 is 13.2 Å². The van der Waals surface area contributed by atoms with Gasteiger partial charge < -0.3 is 4.74 Å². The van der Waals surface area contributed by atoms with Crippen LogP contribution in [0.4, 0.5) is 0 Å². The van der Waals surface area contributed by atoms with Crippen LogP contribution in [0.1, 0.15) is 25.0 Å². The van der Waals surface area contributed by atoms with Crippen LogP contribution in [-0.2, 0) is 10.0 Å². The van der Waals surface area contributed by atoms with Gasteiger partial charge in [-0.25, -0.2) is 4.83 Å². The van der Waals surface area contributed by atoms with Crippen molar-refractivity contribution in [2.24, 2.45) is 5.10 Å². The van der Waals surface area contributed by atoms with E-state index in [0.29, 0.717) is 5.75 Å². The maximum atomic E-state index is 12.1. The van der Waals surface area contributed by atoms with Crippen LogP contribution in [-0.4, -0.2) is 20.7 Å². The van der Waals surface area contributed by atoms with Gasteiger partial charge in [0.2, 0.25) is 0 Å². The van der Waals surface area contributed by atoms with Gasteiger partial charge in [0.15, 0.2) is 0 Å². The van der Waals surface area contributed by atoms with Gasteiger partial charge in [0.05, 0.1) is 17.2 Å². The van der Waals surface area contributed by atoms with Gasteiger partial charge in [0, 0.05) is 0 Å². The lowest BCUT2D eigenvalue weighted by Crippen LogP contribution is -2.18. The van der Waals surface area contributed by atoms with Gasteiger partial charge in [-0.3, -0.25) is 0 Å².